The number of ether oxygens (including phenoxy) is 2. The van der Waals surface area contributed by atoms with Gasteiger partial charge in [0.15, 0.2) is 11.5 Å². The molecule has 0 N–H and O–H groups in total. The lowest BCUT2D eigenvalue weighted by Crippen LogP contribution is -2.43. The molecule has 0 fully saturated rings. The van der Waals surface area contributed by atoms with Crippen LogP contribution in [0.3, 0.4) is 0 Å². The van der Waals surface area contributed by atoms with Crippen molar-refractivity contribution in [3.8, 4) is 17.6 Å². The number of hydrogen-bond acceptors (Lipinski definition) is 6. The van der Waals surface area contributed by atoms with Gasteiger partial charge in [-0.05, 0) is 55.7 Å². The van der Waals surface area contributed by atoms with Crippen LogP contribution in [-0.4, -0.2) is 29.5 Å². The van der Waals surface area contributed by atoms with Crippen LogP contribution in [0, 0.1) is 17.1 Å². The summed E-state index contributed by atoms with van der Waals surface area (Å²) in [5.74, 6) is 0.973. The van der Waals surface area contributed by atoms with E-state index in [4.69, 9.17) is 9.47 Å². The van der Waals surface area contributed by atoms with Crippen molar-refractivity contribution < 1.29 is 18.7 Å². The van der Waals surface area contributed by atoms with E-state index in [2.05, 4.69) is 11.1 Å². The molecule has 1 amide bonds. The highest BCUT2D eigenvalue weighted by atomic mass is 32.2. The molecular formula is C23H18FN3O3S. The highest BCUT2D eigenvalue weighted by Crippen LogP contribution is 2.37. The topological polar surface area (TPSA) is 75.5 Å². The van der Waals surface area contributed by atoms with Gasteiger partial charge in [-0.2, -0.15) is 5.26 Å². The van der Waals surface area contributed by atoms with Gasteiger partial charge in [0.2, 0.25) is 12.7 Å². The van der Waals surface area contributed by atoms with E-state index in [0.29, 0.717) is 27.6 Å². The molecule has 31 heavy (non-hydrogen) atoms. The monoisotopic (exact) mass is 435 g/mol. The quantitative estimate of drug-likeness (QED) is 0.567. The second-order valence-corrected chi connectivity index (χ2v) is 8.53. The van der Waals surface area contributed by atoms with E-state index in [1.54, 1.807) is 29.2 Å². The summed E-state index contributed by atoms with van der Waals surface area (Å²) in [6, 6.07) is 12.1. The summed E-state index contributed by atoms with van der Waals surface area (Å²) in [5, 5.41) is 10.9. The average molecular weight is 435 g/mol. The number of hydrogen-bond donors (Lipinski definition) is 0. The molecule has 0 saturated carbocycles. The second-order valence-electron chi connectivity index (χ2n) is 7.56. The second kappa shape index (κ2) is 7.75. The van der Waals surface area contributed by atoms with Gasteiger partial charge in [-0.3, -0.25) is 4.79 Å². The van der Waals surface area contributed by atoms with E-state index < -0.39 is 0 Å². The Morgan fingerprint density at radius 1 is 1.29 bits per heavy atom. The Hall–Kier alpha value is -3.31. The van der Waals surface area contributed by atoms with Crippen molar-refractivity contribution in [1.82, 2.24) is 4.98 Å². The van der Waals surface area contributed by atoms with Gasteiger partial charge in [0, 0.05) is 23.2 Å². The molecule has 3 aromatic rings. The van der Waals surface area contributed by atoms with Crippen LogP contribution in [0.2, 0.25) is 0 Å². The number of benzene rings is 2. The molecule has 2 aliphatic heterocycles. The minimum atomic E-state index is -0.296. The molecule has 2 aromatic carbocycles. The van der Waals surface area contributed by atoms with Crippen molar-refractivity contribution in [2.24, 2.45) is 0 Å². The number of aryl methyl sites for hydroxylation is 1. The summed E-state index contributed by atoms with van der Waals surface area (Å²) >= 11 is 1.23. The van der Waals surface area contributed by atoms with Gasteiger partial charge in [0.1, 0.15) is 16.9 Å². The van der Waals surface area contributed by atoms with Gasteiger partial charge in [0.05, 0.1) is 16.8 Å². The van der Waals surface area contributed by atoms with Crippen molar-refractivity contribution in [2.75, 3.05) is 17.4 Å². The molecule has 1 aromatic heterocycles. The number of anilines is 1. The lowest BCUT2D eigenvalue weighted by atomic mass is 9.96. The first-order chi connectivity index (χ1) is 15.0. The number of pyridine rings is 1. The first-order valence-corrected chi connectivity index (χ1v) is 10.9. The van der Waals surface area contributed by atoms with E-state index in [-0.39, 0.29) is 30.3 Å². The summed E-state index contributed by atoms with van der Waals surface area (Å²) in [6.45, 7) is 2.15. The zero-order valence-electron chi connectivity index (χ0n) is 16.7. The van der Waals surface area contributed by atoms with Gasteiger partial charge in [-0.15, -0.1) is 0 Å². The Morgan fingerprint density at radius 2 is 2.10 bits per heavy atom. The van der Waals surface area contributed by atoms with Crippen LogP contribution in [0.1, 0.15) is 24.5 Å². The number of carbonyl (C=O) groups is 1. The van der Waals surface area contributed by atoms with E-state index in [0.717, 1.165) is 29.5 Å². The molecule has 0 saturated heterocycles. The van der Waals surface area contributed by atoms with Gasteiger partial charge >= 0.3 is 0 Å². The molecule has 0 aliphatic carbocycles. The fourth-order valence-corrected chi connectivity index (χ4v) is 4.86. The number of rotatable bonds is 3. The molecule has 1 unspecified atom stereocenters. The largest absolute Gasteiger partial charge is 0.454 e. The maximum absolute atomic E-state index is 13.6. The van der Waals surface area contributed by atoms with Crippen molar-refractivity contribution in [3.05, 3.63) is 53.3 Å². The normalized spacial score (nSPS) is 16.8. The number of amides is 1. The lowest BCUT2D eigenvalue weighted by Gasteiger charge is -2.35. The summed E-state index contributed by atoms with van der Waals surface area (Å²) in [5.41, 5.74) is 2.67. The molecule has 6 nitrogen and oxygen atoms in total. The molecule has 1 atom stereocenters. The van der Waals surface area contributed by atoms with Crippen molar-refractivity contribution in [2.45, 2.75) is 30.8 Å². The van der Waals surface area contributed by atoms with Gasteiger partial charge in [0.25, 0.3) is 0 Å². The summed E-state index contributed by atoms with van der Waals surface area (Å²) in [6.07, 6.45) is 1.52. The van der Waals surface area contributed by atoms with Crippen molar-refractivity contribution >= 4 is 34.3 Å². The van der Waals surface area contributed by atoms with Crippen LogP contribution in [0.15, 0.2) is 41.4 Å². The average Bonchev–Trinajstić information content (AvgIpc) is 3.22. The number of carbonyl (C=O) groups excluding carboxylic acids is 1. The summed E-state index contributed by atoms with van der Waals surface area (Å²) in [4.78, 5) is 19.4. The van der Waals surface area contributed by atoms with Crippen LogP contribution < -0.4 is 14.4 Å². The van der Waals surface area contributed by atoms with Gasteiger partial charge in [-0.1, -0.05) is 11.8 Å². The van der Waals surface area contributed by atoms with E-state index >= 15 is 0 Å². The minimum absolute atomic E-state index is 0.0193. The van der Waals surface area contributed by atoms with Crippen LogP contribution >= 0.6 is 11.8 Å². The van der Waals surface area contributed by atoms with E-state index in [1.165, 1.54) is 23.9 Å². The molecular weight excluding hydrogens is 417 g/mol. The zero-order chi connectivity index (χ0) is 21.5. The molecule has 156 valence electrons. The fraction of sp³-hybridized carbons (Fsp3) is 0.261. The Morgan fingerprint density at radius 3 is 2.90 bits per heavy atom. The number of halogens is 1. The molecule has 5 rings (SSSR count). The predicted octanol–water partition coefficient (Wildman–Crippen LogP) is 4.43. The van der Waals surface area contributed by atoms with Gasteiger partial charge in [-0.25, -0.2) is 9.37 Å². The Balaban J connectivity index is 1.41. The molecule has 0 spiro atoms. The number of aromatic nitrogens is 1. The van der Waals surface area contributed by atoms with Crippen LogP contribution in [0.5, 0.6) is 11.5 Å². The Bertz CT molecular complexity index is 1260. The molecule has 8 heteroatoms. The molecule has 3 heterocycles. The maximum Gasteiger partial charge on any atom is 0.237 e. The Labute approximate surface area is 182 Å². The SMILES string of the molecule is CC1CCc2cc(F)ccc2N1C(=O)CSc1nc2cc3c(cc2cc1C#N)OCO3. The van der Waals surface area contributed by atoms with E-state index in [9.17, 15) is 14.4 Å². The smallest absolute Gasteiger partial charge is 0.237 e. The number of nitrogens with zero attached hydrogens (tertiary/aromatic N) is 3. The molecule has 2 aliphatic rings. The lowest BCUT2D eigenvalue weighted by molar-refractivity contribution is -0.116. The van der Waals surface area contributed by atoms with Crippen LogP contribution in [0.4, 0.5) is 10.1 Å². The summed E-state index contributed by atoms with van der Waals surface area (Å²) in [7, 11) is 0. The standard InChI is InChI=1S/C23H18FN3O3S/c1-13-2-3-14-7-17(24)4-5-19(14)27(13)22(28)11-31-23-16(10-25)6-15-8-20-21(30-12-29-20)9-18(15)26-23/h4-9,13H,2-3,11-12H2,1H3. The van der Waals surface area contributed by atoms with Crippen LogP contribution in [0.25, 0.3) is 10.9 Å². The zero-order valence-corrected chi connectivity index (χ0v) is 17.5. The third-order valence-corrected chi connectivity index (χ3v) is 6.54. The minimum Gasteiger partial charge on any atom is -0.454 e. The fourth-order valence-electron chi connectivity index (χ4n) is 4.04. The number of nitriles is 1. The highest BCUT2D eigenvalue weighted by molar-refractivity contribution is 8.00. The third kappa shape index (κ3) is 3.55. The number of fused-ring (bicyclic) bond motifs is 3. The first kappa shape index (κ1) is 19.6. The van der Waals surface area contributed by atoms with Crippen molar-refractivity contribution in [1.29, 1.82) is 5.26 Å². The number of thioether (sulfide) groups is 1. The van der Waals surface area contributed by atoms with E-state index in [1.807, 2.05) is 6.92 Å². The molecule has 0 radical (unpaired) electrons. The highest BCUT2D eigenvalue weighted by Gasteiger charge is 2.28. The Kier molecular flexibility index (Phi) is 4.91. The predicted molar refractivity (Wildman–Crippen MR) is 115 cm³/mol. The van der Waals surface area contributed by atoms with Crippen molar-refractivity contribution in [3.63, 3.8) is 0 Å². The third-order valence-electron chi connectivity index (χ3n) is 5.57. The first-order valence-electron chi connectivity index (χ1n) is 9.91. The van der Waals surface area contributed by atoms with Gasteiger partial charge < -0.3 is 14.4 Å². The van der Waals surface area contributed by atoms with Crippen LogP contribution in [-0.2, 0) is 11.2 Å². The summed E-state index contributed by atoms with van der Waals surface area (Å²) < 4.78 is 24.4. The molecule has 0 bridgehead atoms. The maximum atomic E-state index is 13.6.